The van der Waals surface area contributed by atoms with E-state index in [0.717, 1.165) is 5.56 Å². The van der Waals surface area contributed by atoms with Crippen LogP contribution in [0.2, 0.25) is 0 Å². The van der Waals surface area contributed by atoms with E-state index in [9.17, 15) is 14.4 Å². The maximum atomic E-state index is 11.8. The third-order valence-electron chi connectivity index (χ3n) is 2.49. The Labute approximate surface area is 115 Å². The monoisotopic (exact) mass is 280 g/mol. The molecule has 8 heteroatoms. The average Bonchev–Trinajstić information content (AvgIpc) is 2.38. The fourth-order valence-corrected chi connectivity index (χ4v) is 1.50. The summed E-state index contributed by atoms with van der Waals surface area (Å²) in [6.07, 6.45) is 2.75. The number of nitrogens with one attached hydrogen (secondary N) is 1. The first-order valence-electron chi connectivity index (χ1n) is 5.81. The number of urea groups is 1. The van der Waals surface area contributed by atoms with E-state index in [-0.39, 0.29) is 6.54 Å². The number of pyridine rings is 1. The van der Waals surface area contributed by atoms with Crippen molar-refractivity contribution in [3.05, 3.63) is 30.1 Å². The molecule has 0 aliphatic heterocycles. The van der Waals surface area contributed by atoms with Gasteiger partial charge in [-0.15, -0.1) is 0 Å². The number of primary amides is 1. The van der Waals surface area contributed by atoms with Gasteiger partial charge >= 0.3 is 12.0 Å². The molecule has 1 aromatic heterocycles. The fourth-order valence-electron chi connectivity index (χ4n) is 1.50. The van der Waals surface area contributed by atoms with E-state index in [0.29, 0.717) is 0 Å². The van der Waals surface area contributed by atoms with Crippen molar-refractivity contribution in [2.45, 2.75) is 19.0 Å². The minimum Gasteiger partial charge on any atom is -0.480 e. The van der Waals surface area contributed by atoms with Gasteiger partial charge in [0.1, 0.15) is 6.04 Å². The summed E-state index contributed by atoms with van der Waals surface area (Å²) in [5.74, 6) is -2.11. The van der Waals surface area contributed by atoms with Crippen LogP contribution in [-0.4, -0.2) is 46.0 Å². The third kappa shape index (κ3) is 4.92. The van der Waals surface area contributed by atoms with Crippen molar-refractivity contribution in [1.82, 2.24) is 15.2 Å². The molecule has 0 unspecified atom stereocenters. The van der Waals surface area contributed by atoms with E-state index in [1.807, 2.05) is 0 Å². The summed E-state index contributed by atoms with van der Waals surface area (Å²) in [5, 5.41) is 11.1. The first-order valence-corrected chi connectivity index (χ1v) is 5.81. The molecule has 0 radical (unpaired) electrons. The lowest BCUT2D eigenvalue weighted by atomic mass is 10.2. The molecule has 108 valence electrons. The Morgan fingerprint density at radius 1 is 1.50 bits per heavy atom. The summed E-state index contributed by atoms with van der Waals surface area (Å²) < 4.78 is 0. The number of carboxylic acids is 1. The highest BCUT2D eigenvalue weighted by molar-refractivity contribution is 5.87. The molecule has 4 N–H and O–H groups in total. The minimum absolute atomic E-state index is 0.266. The summed E-state index contributed by atoms with van der Waals surface area (Å²) in [4.78, 5) is 38.7. The second-order valence-electron chi connectivity index (χ2n) is 4.23. The van der Waals surface area contributed by atoms with Crippen LogP contribution >= 0.6 is 0 Å². The zero-order valence-electron chi connectivity index (χ0n) is 10.9. The molecule has 0 bridgehead atoms. The van der Waals surface area contributed by atoms with Crippen LogP contribution in [0.1, 0.15) is 12.0 Å². The van der Waals surface area contributed by atoms with Crippen molar-refractivity contribution < 1.29 is 19.5 Å². The Kier molecular flexibility index (Phi) is 5.45. The van der Waals surface area contributed by atoms with E-state index in [4.69, 9.17) is 10.8 Å². The van der Waals surface area contributed by atoms with Crippen LogP contribution in [0, 0.1) is 0 Å². The summed E-state index contributed by atoms with van der Waals surface area (Å²) in [7, 11) is 1.51. The van der Waals surface area contributed by atoms with Gasteiger partial charge in [0.25, 0.3) is 0 Å². The predicted octanol–water partition coefficient (Wildman–Crippen LogP) is -0.448. The smallest absolute Gasteiger partial charge is 0.326 e. The lowest BCUT2D eigenvalue weighted by molar-refractivity contribution is -0.140. The van der Waals surface area contributed by atoms with Crippen molar-refractivity contribution >= 4 is 17.9 Å². The van der Waals surface area contributed by atoms with E-state index in [2.05, 4.69) is 10.3 Å². The molecule has 0 saturated carbocycles. The largest absolute Gasteiger partial charge is 0.480 e. The van der Waals surface area contributed by atoms with E-state index in [1.54, 1.807) is 24.5 Å². The van der Waals surface area contributed by atoms with Gasteiger partial charge in [-0.05, 0) is 11.6 Å². The molecular weight excluding hydrogens is 264 g/mol. The van der Waals surface area contributed by atoms with Crippen LogP contribution in [-0.2, 0) is 16.1 Å². The number of carboxylic acid groups (broad SMARTS) is 1. The summed E-state index contributed by atoms with van der Waals surface area (Å²) in [6, 6.07) is 1.57. The minimum atomic E-state index is -1.34. The van der Waals surface area contributed by atoms with Crippen molar-refractivity contribution in [3.63, 3.8) is 0 Å². The lowest BCUT2D eigenvalue weighted by Gasteiger charge is -2.20. The Hall–Kier alpha value is -2.64. The van der Waals surface area contributed by atoms with Gasteiger partial charge in [0, 0.05) is 26.0 Å². The molecular formula is C12H16N4O4. The highest BCUT2D eigenvalue weighted by Gasteiger charge is 2.23. The highest BCUT2D eigenvalue weighted by Crippen LogP contribution is 2.02. The Morgan fingerprint density at radius 3 is 2.70 bits per heavy atom. The van der Waals surface area contributed by atoms with Crippen LogP contribution in [0.4, 0.5) is 4.79 Å². The number of nitrogens with zero attached hydrogens (tertiary/aromatic N) is 2. The molecule has 0 spiro atoms. The fraction of sp³-hybridized carbons (Fsp3) is 0.333. The van der Waals surface area contributed by atoms with Crippen LogP contribution in [0.5, 0.6) is 0 Å². The normalized spacial score (nSPS) is 11.4. The summed E-state index contributed by atoms with van der Waals surface area (Å²) in [6.45, 7) is 0.266. The standard InChI is InChI=1S/C12H16N4O4/c1-16(7-8-3-2-4-14-6-8)12(20)15-9(11(18)19)5-10(13)17/h2-4,6,9H,5,7H2,1H3,(H2,13,17)(H,15,20)(H,18,19)/t9-/m0/s1. The van der Waals surface area contributed by atoms with Crippen LogP contribution in [0.15, 0.2) is 24.5 Å². The zero-order chi connectivity index (χ0) is 15.1. The van der Waals surface area contributed by atoms with Crippen molar-refractivity contribution in [2.75, 3.05) is 7.05 Å². The maximum Gasteiger partial charge on any atom is 0.326 e. The highest BCUT2D eigenvalue weighted by atomic mass is 16.4. The summed E-state index contributed by atoms with van der Waals surface area (Å²) >= 11 is 0. The van der Waals surface area contributed by atoms with Gasteiger partial charge in [-0.2, -0.15) is 0 Å². The van der Waals surface area contributed by atoms with Crippen LogP contribution in [0.25, 0.3) is 0 Å². The van der Waals surface area contributed by atoms with Gasteiger partial charge in [-0.1, -0.05) is 6.07 Å². The number of carbonyl (C=O) groups excluding carboxylic acids is 2. The van der Waals surface area contributed by atoms with Gasteiger partial charge in [-0.25, -0.2) is 9.59 Å². The van der Waals surface area contributed by atoms with Gasteiger partial charge in [0.15, 0.2) is 0 Å². The zero-order valence-corrected chi connectivity index (χ0v) is 10.9. The Morgan fingerprint density at radius 2 is 2.20 bits per heavy atom. The SMILES string of the molecule is CN(Cc1cccnc1)C(=O)N[C@@H](CC(N)=O)C(=O)O. The molecule has 20 heavy (non-hydrogen) atoms. The average molecular weight is 280 g/mol. The number of aliphatic carboxylic acids is 1. The molecule has 8 nitrogen and oxygen atoms in total. The number of hydrogen-bond donors (Lipinski definition) is 3. The van der Waals surface area contributed by atoms with E-state index in [1.165, 1.54) is 11.9 Å². The first-order chi connectivity index (χ1) is 9.40. The molecule has 1 aromatic rings. The van der Waals surface area contributed by atoms with E-state index < -0.39 is 30.4 Å². The van der Waals surface area contributed by atoms with Gasteiger partial charge in [0.05, 0.1) is 6.42 Å². The van der Waals surface area contributed by atoms with Crippen molar-refractivity contribution in [2.24, 2.45) is 5.73 Å². The van der Waals surface area contributed by atoms with Gasteiger partial charge < -0.3 is 21.1 Å². The van der Waals surface area contributed by atoms with Crippen LogP contribution < -0.4 is 11.1 Å². The molecule has 1 rings (SSSR count). The molecule has 0 aromatic carbocycles. The van der Waals surface area contributed by atoms with E-state index >= 15 is 0 Å². The first kappa shape index (κ1) is 15.4. The lowest BCUT2D eigenvalue weighted by Crippen LogP contribution is -2.48. The van der Waals surface area contributed by atoms with Crippen LogP contribution in [0.3, 0.4) is 0 Å². The molecule has 1 heterocycles. The molecule has 0 aliphatic carbocycles. The Balaban J connectivity index is 2.59. The quantitative estimate of drug-likeness (QED) is 0.650. The second kappa shape index (κ2) is 7.07. The number of amides is 3. The molecule has 0 saturated heterocycles. The van der Waals surface area contributed by atoms with Crippen molar-refractivity contribution in [3.8, 4) is 0 Å². The Bertz CT molecular complexity index is 491. The number of rotatable bonds is 6. The molecule has 3 amide bonds. The molecule has 1 atom stereocenters. The number of carbonyl (C=O) groups is 3. The summed E-state index contributed by atoms with van der Waals surface area (Å²) in [5.41, 5.74) is 5.73. The van der Waals surface area contributed by atoms with Gasteiger partial charge in [0.2, 0.25) is 5.91 Å². The topological polar surface area (TPSA) is 126 Å². The number of nitrogens with two attached hydrogens (primary N) is 1. The number of hydrogen-bond acceptors (Lipinski definition) is 4. The molecule has 0 fully saturated rings. The third-order valence-corrected chi connectivity index (χ3v) is 2.49. The second-order valence-corrected chi connectivity index (χ2v) is 4.23. The maximum absolute atomic E-state index is 11.8. The van der Waals surface area contributed by atoms with Gasteiger partial charge in [-0.3, -0.25) is 9.78 Å². The van der Waals surface area contributed by atoms with Crippen molar-refractivity contribution in [1.29, 1.82) is 0 Å². The molecule has 0 aliphatic rings. The predicted molar refractivity (Wildman–Crippen MR) is 69.5 cm³/mol. The number of aromatic nitrogens is 1.